The van der Waals surface area contributed by atoms with Gasteiger partial charge >= 0.3 is 0 Å². The van der Waals surface area contributed by atoms with Gasteiger partial charge in [0.25, 0.3) is 0 Å². The van der Waals surface area contributed by atoms with Crippen LogP contribution in [0.2, 0.25) is 5.02 Å². The van der Waals surface area contributed by atoms with Gasteiger partial charge in [-0.1, -0.05) is 11.6 Å². The van der Waals surface area contributed by atoms with Gasteiger partial charge in [-0.15, -0.1) is 15.3 Å². The third-order valence-electron chi connectivity index (χ3n) is 4.15. The van der Waals surface area contributed by atoms with Gasteiger partial charge < -0.3 is 9.47 Å². The third kappa shape index (κ3) is 3.10. The molecule has 0 saturated carbocycles. The van der Waals surface area contributed by atoms with Crippen LogP contribution in [0.5, 0.6) is 11.5 Å². The van der Waals surface area contributed by atoms with E-state index in [0.29, 0.717) is 28.1 Å². The molecule has 2 aromatic heterocycles. The van der Waals surface area contributed by atoms with Crippen LogP contribution in [0.4, 0.5) is 5.82 Å². The standard InChI is InChI=1S/C19H13ClN6O2/c20-14-4-2-13(3-5-14)19-24-23-18-8-7-17(25-26(18)19)22-21-10-12-1-6-15-16(9-12)28-11-27-15/h1-10H,11H2,(H,22,25)/b21-10-. The molecule has 4 aromatic rings. The van der Waals surface area contributed by atoms with Crippen molar-refractivity contribution in [3.8, 4) is 22.9 Å². The third-order valence-corrected chi connectivity index (χ3v) is 4.41. The Labute approximate surface area is 164 Å². The van der Waals surface area contributed by atoms with Crippen LogP contribution in [0.3, 0.4) is 0 Å². The maximum Gasteiger partial charge on any atom is 0.231 e. The van der Waals surface area contributed by atoms with E-state index in [2.05, 4.69) is 25.8 Å². The van der Waals surface area contributed by atoms with Crippen LogP contribution >= 0.6 is 11.6 Å². The zero-order valence-electron chi connectivity index (χ0n) is 14.4. The number of fused-ring (bicyclic) bond motifs is 2. The number of aromatic nitrogens is 4. The fourth-order valence-electron chi connectivity index (χ4n) is 2.79. The van der Waals surface area contributed by atoms with Crippen LogP contribution in [0.25, 0.3) is 17.0 Å². The zero-order chi connectivity index (χ0) is 18.9. The number of halogens is 1. The van der Waals surface area contributed by atoms with Gasteiger partial charge in [-0.25, -0.2) is 0 Å². The van der Waals surface area contributed by atoms with Gasteiger partial charge in [-0.2, -0.15) is 9.62 Å². The minimum atomic E-state index is 0.243. The van der Waals surface area contributed by atoms with E-state index in [0.717, 1.165) is 16.9 Å². The van der Waals surface area contributed by atoms with Crippen LogP contribution in [0.15, 0.2) is 59.7 Å². The fourth-order valence-corrected chi connectivity index (χ4v) is 2.92. The molecule has 5 rings (SSSR count). The molecule has 1 N–H and O–H groups in total. The number of hydrogen-bond donors (Lipinski definition) is 1. The van der Waals surface area contributed by atoms with E-state index < -0.39 is 0 Å². The average Bonchev–Trinajstić information content (AvgIpc) is 3.35. The molecule has 0 aliphatic carbocycles. The van der Waals surface area contributed by atoms with Gasteiger partial charge in [0.2, 0.25) is 6.79 Å². The van der Waals surface area contributed by atoms with Crippen molar-refractivity contribution in [2.45, 2.75) is 0 Å². The number of ether oxygens (including phenoxy) is 2. The minimum absolute atomic E-state index is 0.243. The normalized spacial score (nSPS) is 12.8. The number of benzene rings is 2. The summed E-state index contributed by atoms with van der Waals surface area (Å²) in [5.74, 6) is 2.62. The second-order valence-corrected chi connectivity index (χ2v) is 6.44. The first-order chi connectivity index (χ1) is 13.8. The van der Waals surface area contributed by atoms with E-state index in [9.17, 15) is 0 Å². The zero-order valence-corrected chi connectivity index (χ0v) is 15.2. The number of rotatable bonds is 4. The van der Waals surface area contributed by atoms with Gasteiger partial charge in [0, 0.05) is 10.6 Å². The summed E-state index contributed by atoms with van der Waals surface area (Å²) in [5, 5.41) is 17.8. The van der Waals surface area contributed by atoms with Gasteiger partial charge in [0.1, 0.15) is 0 Å². The first kappa shape index (κ1) is 16.5. The first-order valence-corrected chi connectivity index (χ1v) is 8.81. The van der Waals surface area contributed by atoms with Gasteiger partial charge in [-0.3, -0.25) is 5.43 Å². The fraction of sp³-hybridized carbons (Fsp3) is 0.0526. The highest BCUT2D eigenvalue weighted by Gasteiger charge is 2.12. The molecule has 0 radical (unpaired) electrons. The quantitative estimate of drug-likeness (QED) is 0.421. The molecule has 3 heterocycles. The molecule has 1 aliphatic rings. The summed E-state index contributed by atoms with van der Waals surface area (Å²) in [6, 6.07) is 16.6. The molecule has 8 nitrogen and oxygen atoms in total. The first-order valence-electron chi connectivity index (χ1n) is 8.43. The summed E-state index contributed by atoms with van der Waals surface area (Å²) in [4.78, 5) is 0. The summed E-state index contributed by atoms with van der Waals surface area (Å²) in [6.07, 6.45) is 1.68. The molecule has 28 heavy (non-hydrogen) atoms. The Morgan fingerprint density at radius 3 is 2.75 bits per heavy atom. The maximum atomic E-state index is 5.96. The van der Waals surface area contributed by atoms with E-state index in [4.69, 9.17) is 21.1 Å². The van der Waals surface area contributed by atoms with Crippen molar-refractivity contribution in [2.24, 2.45) is 5.10 Å². The van der Waals surface area contributed by atoms with E-state index in [1.807, 2.05) is 36.4 Å². The van der Waals surface area contributed by atoms with Gasteiger partial charge in [0.05, 0.1) is 6.21 Å². The molecule has 1 aliphatic heterocycles. The summed E-state index contributed by atoms with van der Waals surface area (Å²) < 4.78 is 12.3. The van der Waals surface area contributed by atoms with Gasteiger partial charge in [-0.05, 0) is 60.2 Å². The highest BCUT2D eigenvalue weighted by molar-refractivity contribution is 6.30. The van der Waals surface area contributed by atoms with E-state index in [1.165, 1.54) is 0 Å². The molecule has 0 amide bonds. The highest BCUT2D eigenvalue weighted by atomic mass is 35.5. The number of nitrogens with zero attached hydrogens (tertiary/aromatic N) is 5. The Kier molecular flexibility index (Phi) is 4.02. The summed E-state index contributed by atoms with van der Waals surface area (Å²) in [5.41, 5.74) is 5.30. The van der Waals surface area contributed by atoms with Crippen LogP contribution in [0.1, 0.15) is 5.56 Å². The number of anilines is 1. The lowest BCUT2D eigenvalue weighted by Gasteiger charge is -2.03. The van der Waals surface area contributed by atoms with Crippen molar-refractivity contribution < 1.29 is 9.47 Å². The Balaban J connectivity index is 1.39. The van der Waals surface area contributed by atoms with Crippen LogP contribution in [-0.4, -0.2) is 32.8 Å². The lowest BCUT2D eigenvalue weighted by atomic mass is 10.2. The molecule has 9 heteroatoms. The predicted molar refractivity (Wildman–Crippen MR) is 105 cm³/mol. The van der Waals surface area contributed by atoms with Crippen LogP contribution < -0.4 is 14.9 Å². The largest absolute Gasteiger partial charge is 0.454 e. The Bertz CT molecular complexity index is 1190. The smallest absolute Gasteiger partial charge is 0.231 e. The van der Waals surface area contributed by atoms with E-state index in [1.54, 1.807) is 28.9 Å². The van der Waals surface area contributed by atoms with Crippen molar-refractivity contribution in [3.05, 3.63) is 65.2 Å². The molecule has 2 aromatic carbocycles. The molecule has 138 valence electrons. The topological polar surface area (TPSA) is 85.9 Å². The Morgan fingerprint density at radius 1 is 1.00 bits per heavy atom. The molecular weight excluding hydrogens is 380 g/mol. The summed E-state index contributed by atoms with van der Waals surface area (Å²) in [6.45, 7) is 0.243. The summed E-state index contributed by atoms with van der Waals surface area (Å²) in [7, 11) is 0. The predicted octanol–water partition coefficient (Wildman–Crippen LogP) is 3.62. The van der Waals surface area contributed by atoms with Crippen LogP contribution in [0, 0.1) is 0 Å². The van der Waals surface area contributed by atoms with Gasteiger partial charge in [0.15, 0.2) is 28.8 Å². The van der Waals surface area contributed by atoms with E-state index >= 15 is 0 Å². The molecular formula is C19H13ClN6O2. The molecule has 0 bridgehead atoms. The Hall–Kier alpha value is -3.65. The lowest BCUT2D eigenvalue weighted by molar-refractivity contribution is 0.174. The Morgan fingerprint density at radius 2 is 1.86 bits per heavy atom. The second-order valence-electron chi connectivity index (χ2n) is 6.00. The number of nitrogens with one attached hydrogen (secondary N) is 1. The van der Waals surface area contributed by atoms with Crippen molar-refractivity contribution >= 4 is 29.3 Å². The number of hydrogen-bond acceptors (Lipinski definition) is 7. The monoisotopic (exact) mass is 392 g/mol. The highest BCUT2D eigenvalue weighted by Crippen LogP contribution is 2.32. The van der Waals surface area contributed by atoms with Crippen molar-refractivity contribution in [1.29, 1.82) is 0 Å². The summed E-state index contributed by atoms with van der Waals surface area (Å²) >= 11 is 5.96. The molecule has 0 fully saturated rings. The second kappa shape index (κ2) is 6.82. The van der Waals surface area contributed by atoms with Crippen LogP contribution in [-0.2, 0) is 0 Å². The maximum absolute atomic E-state index is 5.96. The minimum Gasteiger partial charge on any atom is -0.454 e. The molecule has 0 saturated heterocycles. The average molecular weight is 393 g/mol. The van der Waals surface area contributed by atoms with Crippen molar-refractivity contribution in [1.82, 2.24) is 19.8 Å². The van der Waals surface area contributed by atoms with Crippen molar-refractivity contribution in [2.75, 3.05) is 12.2 Å². The molecule has 0 atom stereocenters. The SMILES string of the molecule is Clc1ccc(-c2nnc3ccc(N/N=C\c4ccc5c(c4)OCO5)nn23)cc1. The lowest BCUT2D eigenvalue weighted by Crippen LogP contribution is -2.00. The van der Waals surface area contributed by atoms with Crippen molar-refractivity contribution in [3.63, 3.8) is 0 Å². The number of hydrazone groups is 1. The molecule has 0 spiro atoms. The molecule has 0 unspecified atom stereocenters. The van der Waals surface area contributed by atoms with E-state index in [-0.39, 0.29) is 6.79 Å².